The lowest BCUT2D eigenvalue weighted by Crippen LogP contribution is -2.10. The third-order valence-corrected chi connectivity index (χ3v) is 4.80. The van der Waals surface area contributed by atoms with E-state index >= 15 is 0 Å². The number of carbonyl (C=O) groups excluding carboxylic acids is 3. The van der Waals surface area contributed by atoms with Crippen molar-refractivity contribution >= 4 is 45.7 Å². The summed E-state index contributed by atoms with van der Waals surface area (Å²) in [5.41, 5.74) is 0.659. The number of fused-ring (bicyclic) bond motifs is 1. The molecule has 0 saturated heterocycles. The van der Waals surface area contributed by atoms with Gasteiger partial charge in [-0.15, -0.1) is 11.3 Å². The molecule has 0 aliphatic rings. The van der Waals surface area contributed by atoms with Crippen LogP contribution < -0.4 is 10.9 Å². The van der Waals surface area contributed by atoms with Gasteiger partial charge in [-0.3, -0.25) is 14.4 Å². The Labute approximate surface area is 163 Å². The van der Waals surface area contributed by atoms with E-state index in [9.17, 15) is 19.2 Å². The molecule has 8 heteroatoms. The highest BCUT2D eigenvalue weighted by atomic mass is 32.1. The van der Waals surface area contributed by atoms with Crippen LogP contribution in [0.25, 0.3) is 11.0 Å². The second-order valence-corrected chi connectivity index (χ2v) is 6.99. The molecular formula is C20H17NO6S. The Morgan fingerprint density at radius 1 is 1.14 bits per heavy atom. The molecule has 3 rings (SSSR count). The minimum atomic E-state index is -0.591. The van der Waals surface area contributed by atoms with Crippen LogP contribution >= 0.6 is 11.3 Å². The van der Waals surface area contributed by atoms with E-state index in [2.05, 4.69) is 5.32 Å². The van der Waals surface area contributed by atoms with Crippen molar-refractivity contribution in [2.24, 2.45) is 0 Å². The van der Waals surface area contributed by atoms with Gasteiger partial charge in [-0.05, 0) is 23.6 Å². The van der Waals surface area contributed by atoms with Gasteiger partial charge in [0.15, 0.2) is 5.78 Å². The van der Waals surface area contributed by atoms with Crippen LogP contribution in [0.2, 0.25) is 0 Å². The highest BCUT2D eigenvalue weighted by molar-refractivity contribution is 7.12. The Morgan fingerprint density at radius 2 is 1.96 bits per heavy atom. The van der Waals surface area contributed by atoms with E-state index in [1.54, 1.807) is 29.6 Å². The van der Waals surface area contributed by atoms with Crippen molar-refractivity contribution in [2.45, 2.75) is 26.4 Å². The van der Waals surface area contributed by atoms with Crippen molar-refractivity contribution in [1.29, 1.82) is 0 Å². The SMILES string of the molecule is CC(=O)Nc1ccc2c(COC(=O)CCC(=O)c3cccs3)cc(=O)oc2c1. The Morgan fingerprint density at radius 3 is 2.68 bits per heavy atom. The molecule has 7 nitrogen and oxygen atoms in total. The van der Waals surface area contributed by atoms with Gasteiger partial charge in [-0.1, -0.05) is 6.07 Å². The highest BCUT2D eigenvalue weighted by Gasteiger charge is 2.13. The number of Topliss-reactive ketones (excluding diaryl/α,β-unsaturated/α-hetero) is 1. The van der Waals surface area contributed by atoms with Crippen molar-refractivity contribution in [2.75, 3.05) is 5.32 Å². The molecule has 0 fully saturated rings. The largest absolute Gasteiger partial charge is 0.461 e. The first kappa shape index (κ1) is 19.5. The maximum atomic E-state index is 12.0. The number of rotatable bonds is 7. The topological polar surface area (TPSA) is 103 Å². The fraction of sp³-hybridized carbons (Fsp3) is 0.200. The zero-order valence-corrected chi connectivity index (χ0v) is 15.8. The molecule has 28 heavy (non-hydrogen) atoms. The second-order valence-electron chi connectivity index (χ2n) is 6.04. The van der Waals surface area contributed by atoms with Crippen molar-refractivity contribution < 1.29 is 23.5 Å². The molecule has 0 aliphatic carbocycles. The first-order chi connectivity index (χ1) is 13.4. The number of esters is 1. The van der Waals surface area contributed by atoms with E-state index in [1.165, 1.54) is 30.4 Å². The molecule has 0 radical (unpaired) electrons. The van der Waals surface area contributed by atoms with Gasteiger partial charge >= 0.3 is 11.6 Å². The molecule has 3 aromatic rings. The van der Waals surface area contributed by atoms with E-state index in [-0.39, 0.29) is 36.7 Å². The molecule has 0 spiro atoms. The van der Waals surface area contributed by atoms with Gasteiger partial charge in [0.1, 0.15) is 12.2 Å². The van der Waals surface area contributed by atoms with Crippen LogP contribution in [0.5, 0.6) is 0 Å². The molecule has 1 amide bonds. The second kappa shape index (κ2) is 8.62. The molecule has 0 bridgehead atoms. The highest BCUT2D eigenvalue weighted by Crippen LogP contribution is 2.22. The maximum Gasteiger partial charge on any atom is 0.336 e. The first-order valence-corrected chi connectivity index (χ1v) is 9.37. The summed E-state index contributed by atoms with van der Waals surface area (Å²) in [5, 5.41) is 5.00. The Balaban J connectivity index is 1.66. The summed E-state index contributed by atoms with van der Waals surface area (Å²) in [4.78, 5) is 47.5. The Bertz CT molecular complexity index is 1080. The average molecular weight is 399 g/mol. The first-order valence-electron chi connectivity index (χ1n) is 8.49. The number of nitrogens with one attached hydrogen (secondary N) is 1. The predicted molar refractivity (Wildman–Crippen MR) is 104 cm³/mol. The summed E-state index contributed by atoms with van der Waals surface area (Å²) in [6.45, 7) is 1.26. The molecule has 0 atom stereocenters. The number of thiophene rings is 1. The van der Waals surface area contributed by atoms with E-state index in [4.69, 9.17) is 9.15 Å². The molecule has 0 aliphatic heterocycles. The molecule has 0 saturated carbocycles. The lowest BCUT2D eigenvalue weighted by molar-refractivity contribution is -0.144. The number of ether oxygens (including phenoxy) is 1. The number of benzene rings is 1. The van der Waals surface area contributed by atoms with Gasteiger partial charge in [0.05, 0.1) is 11.3 Å². The maximum absolute atomic E-state index is 12.0. The van der Waals surface area contributed by atoms with E-state index in [0.29, 0.717) is 21.5 Å². The number of hydrogen-bond acceptors (Lipinski definition) is 7. The lowest BCUT2D eigenvalue weighted by atomic mass is 10.1. The van der Waals surface area contributed by atoms with E-state index < -0.39 is 11.6 Å². The summed E-state index contributed by atoms with van der Waals surface area (Å²) in [6, 6.07) is 9.61. The standard InChI is InChI=1S/C20H17NO6S/c1-12(22)21-14-4-5-15-13(9-20(25)27-17(15)10-14)11-26-19(24)7-6-16(23)18-3-2-8-28-18/h2-5,8-10H,6-7,11H2,1H3,(H,21,22). The van der Waals surface area contributed by atoms with E-state index in [0.717, 1.165) is 0 Å². The zero-order valence-electron chi connectivity index (χ0n) is 15.0. The number of hydrogen-bond donors (Lipinski definition) is 1. The molecule has 144 valence electrons. The van der Waals surface area contributed by atoms with Crippen molar-refractivity contribution in [1.82, 2.24) is 0 Å². The van der Waals surface area contributed by atoms with Crippen LogP contribution in [-0.4, -0.2) is 17.7 Å². The van der Waals surface area contributed by atoms with Gasteiger partial charge < -0.3 is 14.5 Å². The summed E-state index contributed by atoms with van der Waals surface area (Å²) < 4.78 is 10.4. The third-order valence-electron chi connectivity index (χ3n) is 3.89. The summed E-state index contributed by atoms with van der Waals surface area (Å²) in [5.74, 6) is -0.881. The predicted octanol–water partition coefficient (Wildman–Crippen LogP) is 3.52. The summed E-state index contributed by atoms with van der Waals surface area (Å²) in [7, 11) is 0. The van der Waals surface area contributed by atoms with Crippen molar-refractivity contribution in [3.8, 4) is 0 Å². The van der Waals surface area contributed by atoms with Gasteiger partial charge in [-0.25, -0.2) is 4.79 Å². The lowest BCUT2D eigenvalue weighted by Gasteiger charge is -2.08. The number of ketones is 1. The van der Waals surface area contributed by atoms with Crippen LogP contribution in [0.15, 0.2) is 51.0 Å². The number of carbonyl (C=O) groups is 3. The minimum Gasteiger partial charge on any atom is -0.461 e. The van der Waals surface area contributed by atoms with Crippen LogP contribution in [0.4, 0.5) is 5.69 Å². The fourth-order valence-corrected chi connectivity index (χ4v) is 3.33. The Kier molecular flexibility index (Phi) is 6.00. The molecule has 2 aromatic heterocycles. The number of amides is 1. The van der Waals surface area contributed by atoms with Gasteiger partial charge in [0, 0.05) is 42.1 Å². The summed E-state index contributed by atoms with van der Waals surface area (Å²) >= 11 is 1.33. The molecule has 1 aromatic carbocycles. The third kappa shape index (κ3) is 4.92. The molecular weight excluding hydrogens is 382 g/mol. The van der Waals surface area contributed by atoms with Crippen molar-refractivity contribution in [3.05, 3.63) is 62.6 Å². The number of anilines is 1. The van der Waals surface area contributed by atoms with Crippen LogP contribution in [0.1, 0.15) is 35.0 Å². The zero-order chi connectivity index (χ0) is 20.1. The fourth-order valence-electron chi connectivity index (χ4n) is 2.64. The van der Waals surface area contributed by atoms with Crippen LogP contribution in [0.3, 0.4) is 0 Å². The Hall–Kier alpha value is -3.26. The molecule has 2 heterocycles. The average Bonchev–Trinajstić information content (AvgIpc) is 3.18. The van der Waals surface area contributed by atoms with Gasteiger partial charge in [-0.2, -0.15) is 0 Å². The summed E-state index contributed by atoms with van der Waals surface area (Å²) in [6.07, 6.45) is 0.0277. The minimum absolute atomic E-state index is 0.0389. The van der Waals surface area contributed by atoms with E-state index in [1.807, 2.05) is 0 Å². The monoisotopic (exact) mass is 399 g/mol. The van der Waals surface area contributed by atoms with Crippen molar-refractivity contribution in [3.63, 3.8) is 0 Å². The molecule has 1 N–H and O–H groups in total. The smallest absolute Gasteiger partial charge is 0.336 e. The molecule has 0 unspecified atom stereocenters. The van der Waals surface area contributed by atoms with Crippen LogP contribution in [-0.2, 0) is 20.9 Å². The van der Waals surface area contributed by atoms with Gasteiger partial charge in [0.2, 0.25) is 5.91 Å². The van der Waals surface area contributed by atoms with Crippen LogP contribution in [0, 0.1) is 0 Å². The van der Waals surface area contributed by atoms with Gasteiger partial charge in [0.25, 0.3) is 0 Å². The normalized spacial score (nSPS) is 10.6. The quantitative estimate of drug-likeness (QED) is 0.370.